The molecule has 0 unspecified atom stereocenters. The first kappa shape index (κ1) is 18.4. The zero-order chi connectivity index (χ0) is 17.9. The molecule has 2 aromatic carbocycles. The largest absolute Gasteiger partial charge is 0.279 e. The van der Waals surface area contributed by atoms with Gasteiger partial charge in [0.1, 0.15) is 6.54 Å². The number of carbonyl (C=O) groups is 1. The highest BCUT2D eigenvalue weighted by atomic mass is 79.9. The third kappa shape index (κ3) is 4.11. The van der Waals surface area contributed by atoms with Gasteiger partial charge >= 0.3 is 0 Å². The predicted octanol–water partition coefficient (Wildman–Crippen LogP) is 3.32. The number of nitro benzene ring substituents is 1. The first-order valence-electron chi connectivity index (χ1n) is 6.43. The van der Waals surface area contributed by atoms with Crippen LogP contribution in [0.25, 0.3) is 0 Å². The minimum atomic E-state index is -4.21. The van der Waals surface area contributed by atoms with Crippen molar-refractivity contribution in [1.82, 2.24) is 0 Å². The van der Waals surface area contributed by atoms with E-state index in [4.69, 9.17) is 11.6 Å². The first-order chi connectivity index (χ1) is 11.2. The summed E-state index contributed by atoms with van der Waals surface area (Å²) in [6.45, 7) is -0.603. The van der Waals surface area contributed by atoms with Gasteiger partial charge in [-0.2, -0.15) is 0 Å². The highest BCUT2D eigenvalue weighted by molar-refractivity contribution is 9.10. The molecule has 0 heterocycles. The second-order valence-electron chi connectivity index (χ2n) is 4.60. The minimum Gasteiger partial charge on any atom is -0.279 e. The average Bonchev–Trinajstić information content (AvgIpc) is 2.53. The van der Waals surface area contributed by atoms with Gasteiger partial charge in [-0.1, -0.05) is 22.0 Å². The molecule has 0 amide bonds. The fraction of sp³-hybridized carbons (Fsp3) is 0.0714. The second-order valence-corrected chi connectivity index (χ2v) is 7.80. The Labute approximate surface area is 151 Å². The third-order valence-electron chi connectivity index (χ3n) is 3.00. The number of nitro groups is 1. The lowest BCUT2D eigenvalue weighted by atomic mass is 10.3. The van der Waals surface area contributed by atoms with Crippen LogP contribution in [0.15, 0.2) is 57.9 Å². The number of anilines is 1. The summed E-state index contributed by atoms with van der Waals surface area (Å²) in [5.41, 5.74) is -0.164. The Morgan fingerprint density at radius 3 is 2.38 bits per heavy atom. The van der Waals surface area contributed by atoms with Gasteiger partial charge in [-0.15, -0.1) is 0 Å². The van der Waals surface area contributed by atoms with Crippen LogP contribution in [0.2, 0.25) is 0 Å². The van der Waals surface area contributed by atoms with E-state index < -0.39 is 26.7 Å². The Bertz CT molecular complexity index is 886. The number of hydrogen-bond donors (Lipinski definition) is 0. The van der Waals surface area contributed by atoms with E-state index >= 15 is 0 Å². The highest BCUT2D eigenvalue weighted by Gasteiger charge is 2.28. The van der Waals surface area contributed by atoms with E-state index in [-0.39, 0.29) is 16.3 Å². The van der Waals surface area contributed by atoms with Crippen LogP contribution in [-0.2, 0) is 14.8 Å². The molecule has 0 aromatic heterocycles. The Hall–Kier alpha value is -1.97. The lowest BCUT2D eigenvalue weighted by Gasteiger charge is -2.22. The number of benzene rings is 2. The molecule has 0 aliphatic rings. The van der Waals surface area contributed by atoms with Crippen molar-refractivity contribution in [3.63, 3.8) is 0 Å². The van der Waals surface area contributed by atoms with Crippen LogP contribution in [0, 0.1) is 10.1 Å². The summed E-state index contributed by atoms with van der Waals surface area (Å²) in [6, 6.07) is 10.8. The molecule has 0 radical (unpaired) electrons. The van der Waals surface area contributed by atoms with Crippen molar-refractivity contribution in [2.24, 2.45) is 0 Å². The summed E-state index contributed by atoms with van der Waals surface area (Å²) in [4.78, 5) is 21.1. The molecule has 0 aliphatic heterocycles. The molecule has 126 valence electrons. The minimum absolute atomic E-state index is 0.207. The van der Waals surface area contributed by atoms with Crippen LogP contribution in [0.3, 0.4) is 0 Å². The van der Waals surface area contributed by atoms with Crippen LogP contribution in [-0.4, -0.2) is 25.1 Å². The zero-order valence-corrected chi connectivity index (χ0v) is 15.1. The van der Waals surface area contributed by atoms with Gasteiger partial charge in [0.2, 0.25) is 5.24 Å². The van der Waals surface area contributed by atoms with Crippen molar-refractivity contribution >= 4 is 54.2 Å². The van der Waals surface area contributed by atoms with E-state index in [1.807, 2.05) is 0 Å². The van der Waals surface area contributed by atoms with Crippen LogP contribution >= 0.6 is 27.5 Å². The van der Waals surface area contributed by atoms with Crippen molar-refractivity contribution in [1.29, 1.82) is 0 Å². The fourth-order valence-electron chi connectivity index (χ4n) is 1.92. The van der Waals surface area contributed by atoms with Gasteiger partial charge in [0, 0.05) is 16.6 Å². The van der Waals surface area contributed by atoms with Crippen LogP contribution < -0.4 is 4.31 Å². The van der Waals surface area contributed by atoms with Crippen molar-refractivity contribution in [3.8, 4) is 0 Å². The molecular weight excluding hydrogens is 424 g/mol. The predicted molar refractivity (Wildman–Crippen MR) is 92.6 cm³/mol. The number of halogens is 2. The van der Waals surface area contributed by atoms with Crippen molar-refractivity contribution in [2.75, 3.05) is 10.8 Å². The molecule has 2 aromatic rings. The van der Waals surface area contributed by atoms with E-state index in [1.165, 1.54) is 30.3 Å². The molecule has 0 bridgehead atoms. The number of nitrogens with zero attached hydrogens (tertiary/aromatic N) is 2. The number of non-ortho nitro benzene ring substituents is 1. The number of rotatable bonds is 6. The molecule has 0 saturated heterocycles. The van der Waals surface area contributed by atoms with Crippen molar-refractivity contribution in [2.45, 2.75) is 4.90 Å². The maximum absolute atomic E-state index is 12.8. The monoisotopic (exact) mass is 432 g/mol. The Morgan fingerprint density at radius 1 is 1.21 bits per heavy atom. The van der Waals surface area contributed by atoms with Gasteiger partial charge in [0.05, 0.1) is 15.5 Å². The zero-order valence-electron chi connectivity index (χ0n) is 11.9. The molecule has 2 rings (SSSR count). The maximum atomic E-state index is 12.8. The van der Waals surface area contributed by atoms with Crippen LogP contribution in [0.1, 0.15) is 0 Å². The average molecular weight is 434 g/mol. The van der Waals surface area contributed by atoms with Gasteiger partial charge in [0.15, 0.2) is 0 Å². The van der Waals surface area contributed by atoms with Gasteiger partial charge < -0.3 is 0 Å². The Balaban J connectivity index is 2.55. The van der Waals surface area contributed by atoms with E-state index in [0.29, 0.717) is 0 Å². The first-order valence-corrected chi connectivity index (χ1v) is 9.04. The summed E-state index contributed by atoms with van der Waals surface area (Å²) in [5.74, 6) is 0. The van der Waals surface area contributed by atoms with Crippen molar-refractivity contribution in [3.05, 3.63) is 63.1 Å². The molecule has 0 aliphatic carbocycles. The normalized spacial score (nSPS) is 11.1. The van der Waals surface area contributed by atoms with E-state index in [9.17, 15) is 23.3 Å². The van der Waals surface area contributed by atoms with Gasteiger partial charge in [-0.25, -0.2) is 8.42 Å². The smallest absolute Gasteiger partial charge is 0.270 e. The number of hydrogen-bond acceptors (Lipinski definition) is 5. The molecule has 0 atom stereocenters. The standard InChI is InChI=1S/C14H10BrClN2O5S/c15-10-4-6-11(7-5-10)17(9-14(16)19)24(22,23)13-3-1-2-12(8-13)18(20)21/h1-8H,9H2. The van der Waals surface area contributed by atoms with Gasteiger partial charge in [-0.05, 0) is 41.9 Å². The summed E-state index contributed by atoms with van der Waals surface area (Å²) in [5, 5.41) is 9.97. The van der Waals surface area contributed by atoms with Crippen LogP contribution in [0.4, 0.5) is 11.4 Å². The van der Waals surface area contributed by atoms with Crippen molar-refractivity contribution < 1.29 is 18.1 Å². The second kappa shape index (κ2) is 7.29. The molecule has 0 fully saturated rings. The summed E-state index contributed by atoms with van der Waals surface area (Å²) in [6.07, 6.45) is 0. The van der Waals surface area contributed by atoms with E-state index in [2.05, 4.69) is 15.9 Å². The number of carbonyl (C=O) groups excluding carboxylic acids is 1. The van der Waals surface area contributed by atoms with Crippen LogP contribution in [0.5, 0.6) is 0 Å². The quantitative estimate of drug-likeness (QED) is 0.395. The van der Waals surface area contributed by atoms with E-state index in [0.717, 1.165) is 14.8 Å². The Kier molecular flexibility index (Phi) is 5.58. The maximum Gasteiger partial charge on any atom is 0.270 e. The summed E-state index contributed by atoms with van der Waals surface area (Å²) < 4.78 is 27.1. The molecule has 24 heavy (non-hydrogen) atoms. The van der Waals surface area contributed by atoms with E-state index in [1.54, 1.807) is 12.1 Å². The third-order valence-corrected chi connectivity index (χ3v) is 5.42. The Morgan fingerprint density at radius 2 is 1.83 bits per heavy atom. The fourth-order valence-corrected chi connectivity index (χ4v) is 3.84. The SMILES string of the molecule is O=C(Cl)CN(c1ccc(Br)cc1)S(=O)(=O)c1cccc([N+](=O)[O-])c1. The molecular formula is C14H10BrClN2O5S. The molecule has 0 saturated carbocycles. The van der Waals surface area contributed by atoms with Gasteiger partial charge in [0.25, 0.3) is 15.7 Å². The number of sulfonamides is 1. The topological polar surface area (TPSA) is 97.6 Å². The summed E-state index contributed by atoms with van der Waals surface area (Å²) in [7, 11) is -4.21. The molecule has 0 spiro atoms. The molecule has 7 nitrogen and oxygen atoms in total. The molecule has 0 N–H and O–H groups in total. The highest BCUT2D eigenvalue weighted by Crippen LogP contribution is 2.27. The lowest BCUT2D eigenvalue weighted by Crippen LogP contribution is -2.34. The van der Waals surface area contributed by atoms with Gasteiger partial charge in [-0.3, -0.25) is 19.2 Å². The summed E-state index contributed by atoms with van der Waals surface area (Å²) >= 11 is 8.60. The molecule has 10 heteroatoms. The lowest BCUT2D eigenvalue weighted by molar-refractivity contribution is -0.385.